The number of methoxy groups -OCH3 is 1. The molecular weight excluding hydrogens is 316 g/mol. The monoisotopic (exact) mass is 344 g/mol. The van der Waals surface area contributed by atoms with Crippen LogP contribution in [0.4, 0.5) is 0 Å². The summed E-state index contributed by atoms with van der Waals surface area (Å²) in [6.07, 6.45) is 4.53. The number of carbonyl (C=O) groups is 1. The fourth-order valence-corrected chi connectivity index (χ4v) is 3.49. The summed E-state index contributed by atoms with van der Waals surface area (Å²) in [4.78, 5) is 14.7. The average molecular weight is 344 g/mol. The summed E-state index contributed by atoms with van der Waals surface area (Å²) < 4.78 is 7.04. The van der Waals surface area contributed by atoms with Gasteiger partial charge in [-0.3, -0.25) is 9.48 Å². The molecule has 1 fully saturated rings. The number of aryl methyl sites for hydroxylation is 1. The van der Waals surface area contributed by atoms with Gasteiger partial charge in [0.2, 0.25) is 0 Å². The summed E-state index contributed by atoms with van der Waals surface area (Å²) in [5.41, 5.74) is 2.66. The summed E-state index contributed by atoms with van der Waals surface area (Å²) in [5, 5.41) is 8.66. The molecule has 0 bridgehead atoms. The third-order valence-electron chi connectivity index (χ3n) is 5.13. The first kappa shape index (κ1) is 17.9. The van der Waals surface area contributed by atoms with Crippen molar-refractivity contribution in [3.8, 4) is 0 Å². The molecule has 2 heterocycles. The predicted octanol–water partition coefficient (Wildman–Crippen LogP) is 2.06. The highest BCUT2D eigenvalue weighted by Crippen LogP contribution is 2.23. The molecule has 0 unspecified atom stereocenters. The van der Waals surface area contributed by atoms with Crippen LogP contribution in [-0.4, -0.2) is 61.0 Å². The number of benzene rings is 1. The number of likely N-dealkylation sites (tertiary alicyclic amines) is 1. The van der Waals surface area contributed by atoms with Crippen LogP contribution in [0.5, 0.6) is 0 Å². The molecule has 0 spiro atoms. The summed E-state index contributed by atoms with van der Waals surface area (Å²) in [5.74, 6) is 0.627. The third kappa shape index (κ3) is 4.19. The van der Waals surface area contributed by atoms with Gasteiger partial charge >= 0.3 is 0 Å². The zero-order valence-electron chi connectivity index (χ0n) is 15.4. The first-order valence-electron chi connectivity index (χ1n) is 9.01. The molecule has 0 radical (unpaired) electrons. The van der Waals surface area contributed by atoms with E-state index in [1.54, 1.807) is 7.11 Å². The topological polar surface area (TPSA) is 59.4 Å². The van der Waals surface area contributed by atoms with Gasteiger partial charge in [-0.25, -0.2) is 0 Å². The molecular formula is C19H28N4O2. The van der Waals surface area contributed by atoms with Gasteiger partial charge in [0, 0.05) is 37.3 Å². The number of nitrogens with one attached hydrogen (secondary N) is 1. The number of aromatic nitrogens is 2. The lowest BCUT2D eigenvalue weighted by molar-refractivity contribution is 0.0936. The molecule has 1 aliphatic heterocycles. The summed E-state index contributed by atoms with van der Waals surface area (Å²) >= 11 is 0. The van der Waals surface area contributed by atoms with Crippen LogP contribution in [0, 0.1) is 12.8 Å². The Labute approximate surface area is 149 Å². The van der Waals surface area contributed by atoms with Gasteiger partial charge in [0.1, 0.15) is 0 Å². The average Bonchev–Trinajstić information content (AvgIpc) is 3.01. The second kappa shape index (κ2) is 7.97. The van der Waals surface area contributed by atoms with E-state index in [4.69, 9.17) is 9.84 Å². The predicted molar refractivity (Wildman–Crippen MR) is 98.9 cm³/mol. The fraction of sp³-hybridized carbons (Fsp3) is 0.579. The van der Waals surface area contributed by atoms with Gasteiger partial charge in [-0.05, 0) is 63.5 Å². The van der Waals surface area contributed by atoms with Crippen molar-refractivity contribution >= 4 is 16.8 Å². The molecule has 1 aromatic heterocycles. The first-order chi connectivity index (χ1) is 12.1. The second-order valence-corrected chi connectivity index (χ2v) is 7.02. The van der Waals surface area contributed by atoms with Gasteiger partial charge in [-0.15, -0.1) is 0 Å². The molecule has 0 atom stereocenters. The largest absolute Gasteiger partial charge is 0.383 e. The summed E-state index contributed by atoms with van der Waals surface area (Å²) in [6.45, 7) is 6.31. The van der Waals surface area contributed by atoms with Crippen LogP contribution in [-0.2, 0) is 11.3 Å². The van der Waals surface area contributed by atoms with Crippen molar-refractivity contribution in [2.75, 3.05) is 40.4 Å². The van der Waals surface area contributed by atoms with Crippen molar-refractivity contribution in [3.63, 3.8) is 0 Å². The highest BCUT2D eigenvalue weighted by Gasteiger charge is 2.18. The Kier molecular flexibility index (Phi) is 5.71. The van der Waals surface area contributed by atoms with Crippen molar-refractivity contribution in [3.05, 3.63) is 29.5 Å². The van der Waals surface area contributed by atoms with Crippen LogP contribution in [0.1, 0.15) is 28.8 Å². The maximum Gasteiger partial charge on any atom is 0.251 e. The maximum atomic E-state index is 12.3. The number of hydrogen-bond donors (Lipinski definition) is 1. The van der Waals surface area contributed by atoms with Crippen LogP contribution in [0.15, 0.2) is 18.3 Å². The van der Waals surface area contributed by atoms with E-state index in [2.05, 4.69) is 28.1 Å². The molecule has 0 saturated carbocycles. The van der Waals surface area contributed by atoms with Gasteiger partial charge in [0.15, 0.2) is 0 Å². The lowest BCUT2D eigenvalue weighted by Gasteiger charge is -2.28. The smallest absolute Gasteiger partial charge is 0.251 e. The third-order valence-corrected chi connectivity index (χ3v) is 5.13. The van der Waals surface area contributed by atoms with Crippen molar-refractivity contribution in [2.24, 2.45) is 5.92 Å². The number of piperidine rings is 1. The van der Waals surface area contributed by atoms with Crippen molar-refractivity contribution in [1.82, 2.24) is 20.0 Å². The van der Waals surface area contributed by atoms with Gasteiger partial charge < -0.3 is 15.0 Å². The van der Waals surface area contributed by atoms with Crippen molar-refractivity contribution < 1.29 is 9.53 Å². The number of rotatable bonds is 6. The first-order valence-corrected chi connectivity index (χ1v) is 9.01. The van der Waals surface area contributed by atoms with Crippen molar-refractivity contribution in [2.45, 2.75) is 26.3 Å². The summed E-state index contributed by atoms with van der Waals surface area (Å²) in [7, 11) is 3.81. The zero-order valence-corrected chi connectivity index (χ0v) is 15.4. The highest BCUT2D eigenvalue weighted by molar-refractivity contribution is 6.00. The number of nitrogens with zero attached hydrogens (tertiary/aromatic N) is 3. The quantitative estimate of drug-likeness (QED) is 0.815. The van der Waals surface area contributed by atoms with E-state index in [0.717, 1.165) is 36.1 Å². The van der Waals surface area contributed by atoms with E-state index >= 15 is 0 Å². The molecule has 1 N–H and O–H groups in total. The Morgan fingerprint density at radius 1 is 1.36 bits per heavy atom. The lowest BCUT2D eigenvalue weighted by Crippen LogP contribution is -2.31. The number of amides is 1. The molecule has 3 rings (SSSR count). The molecule has 1 aliphatic rings. The number of carbonyl (C=O) groups excluding carboxylic acids is 1. The van der Waals surface area contributed by atoms with E-state index in [1.165, 1.54) is 12.8 Å². The SMILES string of the molecule is COCCNC(=O)c1ccc2nn(CC3CCN(C)CC3)cc2c1C. The van der Waals surface area contributed by atoms with E-state index in [1.807, 2.05) is 19.1 Å². The zero-order chi connectivity index (χ0) is 17.8. The van der Waals surface area contributed by atoms with E-state index in [0.29, 0.717) is 24.6 Å². The molecule has 1 amide bonds. The van der Waals surface area contributed by atoms with Crippen LogP contribution >= 0.6 is 0 Å². The van der Waals surface area contributed by atoms with E-state index < -0.39 is 0 Å². The lowest BCUT2D eigenvalue weighted by atomic mass is 9.97. The number of fused-ring (bicyclic) bond motifs is 1. The molecule has 25 heavy (non-hydrogen) atoms. The molecule has 6 nitrogen and oxygen atoms in total. The van der Waals surface area contributed by atoms with Crippen LogP contribution in [0.25, 0.3) is 10.9 Å². The molecule has 2 aromatic rings. The maximum absolute atomic E-state index is 12.3. The fourth-order valence-electron chi connectivity index (χ4n) is 3.49. The van der Waals surface area contributed by atoms with Gasteiger partial charge in [-0.2, -0.15) is 5.10 Å². The second-order valence-electron chi connectivity index (χ2n) is 7.02. The van der Waals surface area contributed by atoms with Crippen molar-refractivity contribution in [1.29, 1.82) is 0 Å². The summed E-state index contributed by atoms with van der Waals surface area (Å²) in [6, 6.07) is 3.81. The van der Waals surface area contributed by atoms with E-state index in [-0.39, 0.29) is 5.91 Å². The molecule has 1 aromatic carbocycles. The van der Waals surface area contributed by atoms with Gasteiger partial charge in [-0.1, -0.05) is 0 Å². The Balaban J connectivity index is 1.74. The Hall–Kier alpha value is -1.92. The molecule has 6 heteroatoms. The standard InChI is InChI=1S/C19H28N4O2/c1-14-16(19(24)20-8-11-25-3)4-5-18-17(14)13-23(21-18)12-15-6-9-22(2)10-7-15/h4-5,13,15H,6-12H2,1-3H3,(H,20,24). The Morgan fingerprint density at radius 2 is 2.12 bits per heavy atom. The number of ether oxygens (including phenoxy) is 1. The molecule has 0 aliphatic carbocycles. The minimum Gasteiger partial charge on any atom is -0.383 e. The molecule has 136 valence electrons. The highest BCUT2D eigenvalue weighted by atomic mass is 16.5. The van der Waals surface area contributed by atoms with Gasteiger partial charge in [0.25, 0.3) is 5.91 Å². The normalized spacial score (nSPS) is 16.4. The van der Waals surface area contributed by atoms with Crippen LogP contribution < -0.4 is 5.32 Å². The number of hydrogen-bond acceptors (Lipinski definition) is 4. The Morgan fingerprint density at radius 3 is 2.84 bits per heavy atom. The molecule has 1 saturated heterocycles. The van der Waals surface area contributed by atoms with E-state index in [9.17, 15) is 4.79 Å². The van der Waals surface area contributed by atoms with Gasteiger partial charge in [0.05, 0.1) is 12.1 Å². The minimum absolute atomic E-state index is 0.0560. The minimum atomic E-state index is -0.0560. The Bertz CT molecular complexity index is 732. The van der Waals surface area contributed by atoms with Crippen LogP contribution in [0.3, 0.4) is 0 Å². The van der Waals surface area contributed by atoms with Crippen LogP contribution in [0.2, 0.25) is 0 Å².